The summed E-state index contributed by atoms with van der Waals surface area (Å²) in [5.41, 5.74) is 2.92. The lowest BCUT2D eigenvalue weighted by atomic mass is 9.76. The molecule has 1 atom stereocenters. The Morgan fingerprint density at radius 2 is 1.59 bits per heavy atom. The number of anilines is 1. The lowest BCUT2D eigenvalue weighted by Gasteiger charge is -2.40. The predicted octanol–water partition coefficient (Wildman–Crippen LogP) is 5.93. The zero-order valence-corrected chi connectivity index (χ0v) is 22.6. The zero-order valence-electron chi connectivity index (χ0n) is 21.0. The van der Waals surface area contributed by atoms with E-state index in [4.69, 9.17) is 11.6 Å². The number of carbonyl (C=O) groups excluding carboxylic acids is 2. The van der Waals surface area contributed by atoms with Crippen molar-refractivity contribution in [2.75, 3.05) is 18.1 Å². The van der Waals surface area contributed by atoms with Crippen LogP contribution in [0.2, 0.25) is 5.02 Å². The van der Waals surface area contributed by atoms with Crippen molar-refractivity contribution in [2.45, 2.75) is 43.5 Å². The summed E-state index contributed by atoms with van der Waals surface area (Å²) in [6.45, 7) is 1.60. The number of nitrogens with zero attached hydrogens (tertiary/aromatic N) is 1. The van der Waals surface area contributed by atoms with Gasteiger partial charge in [-0.25, -0.2) is 8.42 Å². The topological polar surface area (TPSA) is 83.5 Å². The summed E-state index contributed by atoms with van der Waals surface area (Å²) in [5, 5.41) is 3.51. The van der Waals surface area contributed by atoms with Gasteiger partial charge in [-0.1, -0.05) is 49.2 Å². The minimum absolute atomic E-state index is 0.0170. The number of carbonyl (C=O) groups is 2. The maximum Gasteiger partial charge on any atom is 0.254 e. The van der Waals surface area contributed by atoms with E-state index in [9.17, 15) is 18.0 Å². The van der Waals surface area contributed by atoms with Gasteiger partial charge in [0, 0.05) is 23.3 Å². The smallest absolute Gasteiger partial charge is 0.254 e. The first kappa shape index (κ1) is 26.9. The molecule has 0 heterocycles. The second-order valence-electron chi connectivity index (χ2n) is 9.45. The van der Waals surface area contributed by atoms with Gasteiger partial charge >= 0.3 is 0 Å². The summed E-state index contributed by atoms with van der Waals surface area (Å²) in [7, 11) is -1.43. The molecule has 37 heavy (non-hydrogen) atoms. The van der Waals surface area contributed by atoms with Crippen molar-refractivity contribution in [3.8, 4) is 0 Å². The van der Waals surface area contributed by atoms with Gasteiger partial charge in [-0.3, -0.25) is 9.59 Å². The third kappa shape index (κ3) is 6.40. The van der Waals surface area contributed by atoms with Crippen molar-refractivity contribution in [3.05, 3.63) is 94.5 Å². The van der Waals surface area contributed by atoms with Crippen LogP contribution >= 0.6 is 11.6 Å². The Balaban J connectivity index is 1.39. The minimum Gasteiger partial charge on any atom is -0.334 e. The lowest BCUT2D eigenvalue weighted by Crippen LogP contribution is -2.38. The highest BCUT2D eigenvalue weighted by Gasteiger charge is 2.34. The minimum atomic E-state index is -3.27. The third-order valence-corrected chi connectivity index (χ3v) is 8.99. The molecule has 1 aliphatic rings. The largest absolute Gasteiger partial charge is 0.334 e. The van der Waals surface area contributed by atoms with Gasteiger partial charge in [-0.2, -0.15) is 0 Å². The highest BCUT2D eigenvalue weighted by atomic mass is 35.5. The van der Waals surface area contributed by atoms with Crippen molar-refractivity contribution >= 4 is 38.9 Å². The number of rotatable bonds is 9. The molecule has 0 radical (unpaired) electrons. The van der Waals surface area contributed by atoms with Gasteiger partial charge in [0.2, 0.25) is 5.91 Å². The Bertz CT molecular complexity index is 1350. The molecule has 1 saturated carbocycles. The van der Waals surface area contributed by atoms with Crippen molar-refractivity contribution < 1.29 is 18.0 Å². The summed E-state index contributed by atoms with van der Waals surface area (Å²) in [6, 6.07) is 20.9. The van der Waals surface area contributed by atoms with E-state index in [2.05, 4.69) is 5.32 Å². The molecule has 6 nitrogen and oxygen atoms in total. The summed E-state index contributed by atoms with van der Waals surface area (Å²) >= 11 is 6.07. The summed E-state index contributed by atoms with van der Waals surface area (Å²) in [6.07, 6.45) is 3.47. The van der Waals surface area contributed by atoms with Crippen LogP contribution < -0.4 is 5.32 Å². The molecule has 0 aliphatic heterocycles. The fourth-order valence-corrected chi connectivity index (χ4v) is 5.64. The number of nitrogens with one attached hydrogen (secondary N) is 1. The number of hydrogen-bond acceptors (Lipinski definition) is 4. The van der Waals surface area contributed by atoms with Gasteiger partial charge in [0.15, 0.2) is 9.84 Å². The van der Waals surface area contributed by atoms with Gasteiger partial charge in [-0.05, 0) is 78.4 Å². The fraction of sp³-hybridized carbons (Fsp3) is 0.310. The molecule has 3 aromatic rings. The number of sulfone groups is 1. The lowest BCUT2D eigenvalue weighted by molar-refractivity contribution is -0.115. The van der Waals surface area contributed by atoms with Gasteiger partial charge in [0.05, 0.1) is 23.1 Å². The Kier molecular flexibility index (Phi) is 8.35. The standard InChI is InChI=1S/C29H31ClN2O4S/c1-3-37(35,36)26-17-7-20(8-18-26)19-27(33)31-25-15-11-23(12-16-25)29(34)32(2)28(21-5-4-6-21)22-9-13-24(30)14-10-22/h7-18,21,28H,3-6,19H2,1-2H3,(H,31,33)/t28-/m1/s1. The molecule has 3 aromatic carbocycles. The normalized spacial score (nSPS) is 14.5. The molecule has 8 heteroatoms. The van der Waals surface area contributed by atoms with E-state index in [-0.39, 0.29) is 34.9 Å². The first-order valence-corrected chi connectivity index (χ1v) is 14.4. The molecule has 0 aromatic heterocycles. The zero-order chi connectivity index (χ0) is 26.6. The van der Waals surface area contributed by atoms with Crippen molar-refractivity contribution in [1.29, 1.82) is 0 Å². The van der Waals surface area contributed by atoms with Gasteiger partial charge in [-0.15, -0.1) is 0 Å². The molecule has 4 rings (SSSR count). The molecule has 0 unspecified atom stereocenters. The molecular weight excluding hydrogens is 508 g/mol. The second-order valence-corrected chi connectivity index (χ2v) is 12.2. The van der Waals surface area contributed by atoms with E-state index in [0.29, 0.717) is 27.8 Å². The monoisotopic (exact) mass is 538 g/mol. The van der Waals surface area contributed by atoms with Gasteiger partial charge < -0.3 is 10.2 Å². The molecular formula is C29H31ClN2O4S. The Hall–Kier alpha value is -3.16. The SMILES string of the molecule is CCS(=O)(=O)c1ccc(CC(=O)Nc2ccc(C(=O)N(C)[C@@H](c3ccc(Cl)cc3)C3CCC3)cc2)cc1. The number of amides is 2. The molecule has 1 fully saturated rings. The first-order valence-electron chi connectivity index (χ1n) is 12.4. The van der Waals surface area contributed by atoms with Crippen LogP contribution in [0.15, 0.2) is 77.7 Å². The average molecular weight is 539 g/mol. The molecule has 0 spiro atoms. The highest BCUT2D eigenvalue weighted by Crippen LogP contribution is 2.41. The number of benzene rings is 3. The van der Waals surface area contributed by atoms with Crippen molar-refractivity contribution in [2.24, 2.45) is 5.92 Å². The van der Waals surface area contributed by atoms with Crippen molar-refractivity contribution in [3.63, 3.8) is 0 Å². The molecule has 2 amide bonds. The Morgan fingerprint density at radius 1 is 0.973 bits per heavy atom. The quantitative estimate of drug-likeness (QED) is 0.366. The summed E-state index contributed by atoms with van der Waals surface area (Å²) in [4.78, 5) is 27.9. The fourth-order valence-electron chi connectivity index (χ4n) is 4.63. The number of halogens is 1. The second kappa shape index (κ2) is 11.5. The van der Waals surface area contributed by atoms with E-state index in [1.54, 1.807) is 43.3 Å². The van der Waals surface area contributed by atoms with Crippen LogP contribution in [0.4, 0.5) is 5.69 Å². The Labute approximate surface area is 223 Å². The van der Waals surface area contributed by atoms with E-state index >= 15 is 0 Å². The predicted molar refractivity (Wildman–Crippen MR) is 147 cm³/mol. The number of hydrogen-bond donors (Lipinski definition) is 1. The third-order valence-electron chi connectivity index (χ3n) is 6.99. The maximum absolute atomic E-state index is 13.3. The molecule has 1 N–H and O–H groups in total. The summed E-state index contributed by atoms with van der Waals surface area (Å²) in [5.74, 6) is 0.149. The van der Waals surface area contributed by atoms with Crippen molar-refractivity contribution in [1.82, 2.24) is 4.90 Å². The van der Waals surface area contributed by atoms with E-state index in [0.717, 1.165) is 18.4 Å². The van der Waals surface area contributed by atoms with Crippen LogP contribution in [-0.2, 0) is 21.1 Å². The summed E-state index contributed by atoms with van der Waals surface area (Å²) < 4.78 is 23.9. The van der Waals surface area contributed by atoms with E-state index < -0.39 is 9.84 Å². The molecule has 194 valence electrons. The van der Waals surface area contributed by atoms with E-state index in [1.165, 1.54) is 18.6 Å². The molecule has 0 bridgehead atoms. The van der Waals surface area contributed by atoms with E-state index in [1.807, 2.05) is 36.2 Å². The maximum atomic E-state index is 13.3. The molecule has 1 aliphatic carbocycles. The first-order chi connectivity index (χ1) is 17.7. The van der Waals surface area contributed by atoms with Crippen LogP contribution in [0, 0.1) is 5.92 Å². The van der Waals surface area contributed by atoms with Crippen LogP contribution in [0.1, 0.15) is 53.7 Å². The van der Waals surface area contributed by atoms with Gasteiger partial charge in [0.25, 0.3) is 5.91 Å². The molecule has 0 saturated heterocycles. The highest BCUT2D eigenvalue weighted by molar-refractivity contribution is 7.91. The van der Waals surface area contributed by atoms with Crippen LogP contribution in [0.3, 0.4) is 0 Å². The average Bonchev–Trinajstić information content (AvgIpc) is 2.86. The van der Waals surface area contributed by atoms with Gasteiger partial charge in [0.1, 0.15) is 0 Å². The van der Waals surface area contributed by atoms with Crippen LogP contribution in [0.25, 0.3) is 0 Å². The Morgan fingerprint density at radius 3 is 2.14 bits per heavy atom. The van der Waals surface area contributed by atoms with Crippen LogP contribution in [0.5, 0.6) is 0 Å². The van der Waals surface area contributed by atoms with Crippen LogP contribution in [-0.4, -0.2) is 37.9 Å².